The Morgan fingerprint density at radius 1 is 1.16 bits per heavy atom. The molecule has 2 aromatic rings. The van der Waals surface area contributed by atoms with Crippen LogP contribution in [0.1, 0.15) is 26.2 Å². The van der Waals surface area contributed by atoms with Crippen LogP contribution in [0.15, 0.2) is 65.2 Å². The Labute approximate surface area is 189 Å². The van der Waals surface area contributed by atoms with Gasteiger partial charge in [-0.3, -0.25) is 14.7 Å². The summed E-state index contributed by atoms with van der Waals surface area (Å²) < 4.78 is 28.7. The molecule has 1 atom stereocenters. The molecule has 0 saturated carbocycles. The zero-order chi connectivity index (χ0) is 22.6. The minimum atomic E-state index is -3.75. The van der Waals surface area contributed by atoms with Crippen LogP contribution in [0.25, 0.3) is 10.9 Å². The fourth-order valence-electron chi connectivity index (χ4n) is 4.16. The van der Waals surface area contributed by atoms with Crippen LogP contribution in [-0.4, -0.2) is 67.9 Å². The van der Waals surface area contributed by atoms with Gasteiger partial charge in [-0.15, -0.1) is 0 Å². The fourth-order valence-corrected chi connectivity index (χ4v) is 5.54. The van der Waals surface area contributed by atoms with Crippen molar-refractivity contribution in [2.75, 3.05) is 32.7 Å². The first-order chi connectivity index (χ1) is 15.5. The standard InChI is InChI=1S/C24H30N4O3S/c1-2-3-14-27-15-17-28(18-16-27)24(29)20-9-11-21(12-10-20)26-32(30,31)22-8-4-6-19-7-5-13-25-23(19)22/h4-11,13,21,26H,2-3,12,14-18H2,1H3. The number of para-hydroxylation sites is 1. The maximum atomic E-state index is 13.0. The van der Waals surface area contributed by atoms with Gasteiger partial charge in [-0.1, -0.05) is 49.8 Å². The Kier molecular flexibility index (Phi) is 7.03. The molecule has 1 fully saturated rings. The molecule has 4 rings (SSSR count). The largest absolute Gasteiger partial charge is 0.336 e. The highest BCUT2D eigenvalue weighted by molar-refractivity contribution is 7.89. The molecule has 1 amide bonds. The van der Waals surface area contributed by atoms with E-state index in [2.05, 4.69) is 21.5 Å². The van der Waals surface area contributed by atoms with Crippen molar-refractivity contribution in [1.82, 2.24) is 19.5 Å². The van der Waals surface area contributed by atoms with Crippen molar-refractivity contribution in [3.8, 4) is 0 Å². The van der Waals surface area contributed by atoms with Crippen LogP contribution in [0.5, 0.6) is 0 Å². The van der Waals surface area contributed by atoms with E-state index < -0.39 is 16.1 Å². The lowest BCUT2D eigenvalue weighted by atomic mass is 10.0. The van der Waals surface area contributed by atoms with Crippen LogP contribution in [0.4, 0.5) is 0 Å². The van der Waals surface area contributed by atoms with Crippen LogP contribution in [0.2, 0.25) is 0 Å². The second-order valence-electron chi connectivity index (χ2n) is 8.30. The number of nitrogens with one attached hydrogen (secondary N) is 1. The normalized spacial score (nSPS) is 19.8. The Balaban J connectivity index is 1.36. The summed E-state index contributed by atoms with van der Waals surface area (Å²) in [6, 6.07) is 8.34. The zero-order valence-corrected chi connectivity index (χ0v) is 19.2. The lowest BCUT2D eigenvalue weighted by Gasteiger charge is -2.35. The van der Waals surface area contributed by atoms with Crippen molar-refractivity contribution < 1.29 is 13.2 Å². The van der Waals surface area contributed by atoms with Gasteiger partial charge in [-0.25, -0.2) is 13.1 Å². The van der Waals surface area contributed by atoms with Crippen molar-refractivity contribution in [3.05, 3.63) is 60.3 Å². The van der Waals surface area contributed by atoms with Gasteiger partial charge in [0.2, 0.25) is 10.0 Å². The number of sulfonamides is 1. The van der Waals surface area contributed by atoms with E-state index in [1.807, 2.05) is 23.1 Å². The number of benzene rings is 1. The van der Waals surface area contributed by atoms with Crippen LogP contribution < -0.4 is 4.72 Å². The van der Waals surface area contributed by atoms with Gasteiger partial charge in [0.25, 0.3) is 5.91 Å². The molecule has 1 saturated heterocycles. The summed E-state index contributed by atoms with van der Waals surface area (Å²) in [7, 11) is -3.75. The van der Waals surface area contributed by atoms with Crippen LogP contribution in [0, 0.1) is 0 Å². The molecule has 1 aliphatic carbocycles. The van der Waals surface area contributed by atoms with Crippen LogP contribution in [-0.2, 0) is 14.8 Å². The molecule has 0 radical (unpaired) electrons. The molecule has 0 bridgehead atoms. The van der Waals surface area contributed by atoms with Gasteiger partial charge in [0.1, 0.15) is 4.90 Å². The second-order valence-corrected chi connectivity index (χ2v) is 9.98. The van der Waals surface area contributed by atoms with E-state index >= 15 is 0 Å². The summed E-state index contributed by atoms with van der Waals surface area (Å²) in [5, 5.41) is 0.775. The maximum absolute atomic E-state index is 13.0. The first-order valence-corrected chi connectivity index (χ1v) is 12.7. The summed E-state index contributed by atoms with van der Waals surface area (Å²) >= 11 is 0. The summed E-state index contributed by atoms with van der Waals surface area (Å²) in [4.78, 5) is 21.6. The van der Waals surface area contributed by atoms with Gasteiger partial charge in [0.15, 0.2) is 0 Å². The lowest BCUT2D eigenvalue weighted by Crippen LogP contribution is -2.49. The molecule has 1 aliphatic heterocycles. The molecule has 32 heavy (non-hydrogen) atoms. The monoisotopic (exact) mass is 454 g/mol. The lowest BCUT2D eigenvalue weighted by molar-refractivity contribution is -0.128. The van der Waals surface area contributed by atoms with Crippen LogP contribution in [0.3, 0.4) is 0 Å². The molecule has 170 valence electrons. The van der Waals surface area contributed by atoms with Gasteiger partial charge in [0.05, 0.1) is 5.52 Å². The molecule has 2 heterocycles. The fraction of sp³-hybridized carbons (Fsp3) is 0.417. The quantitative estimate of drug-likeness (QED) is 0.696. The minimum Gasteiger partial charge on any atom is -0.336 e. The Morgan fingerprint density at radius 3 is 2.66 bits per heavy atom. The number of carbonyl (C=O) groups is 1. The van der Waals surface area contributed by atoms with Gasteiger partial charge < -0.3 is 4.90 Å². The van der Waals surface area contributed by atoms with E-state index in [0.29, 0.717) is 17.5 Å². The number of carbonyl (C=O) groups excluding carboxylic acids is 1. The summed E-state index contributed by atoms with van der Waals surface area (Å²) in [6.45, 7) is 6.56. The zero-order valence-electron chi connectivity index (χ0n) is 18.4. The van der Waals surface area contributed by atoms with Gasteiger partial charge >= 0.3 is 0 Å². The number of amides is 1. The third kappa shape index (κ3) is 5.09. The average Bonchev–Trinajstić information content (AvgIpc) is 2.82. The van der Waals surface area contributed by atoms with E-state index in [-0.39, 0.29) is 10.8 Å². The van der Waals surface area contributed by atoms with Gasteiger partial charge in [-0.2, -0.15) is 0 Å². The smallest absolute Gasteiger partial charge is 0.253 e. The Bertz CT molecular complexity index is 1130. The number of piperazine rings is 1. The maximum Gasteiger partial charge on any atom is 0.253 e. The molecule has 2 aliphatic rings. The Hall–Kier alpha value is -2.55. The molecule has 7 nitrogen and oxygen atoms in total. The topological polar surface area (TPSA) is 82.6 Å². The number of unbranched alkanes of at least 4 members (excludes halogenated alkanes) is 1. The minimum absolute atomic E-state index is 0.0240. The van der Waals surface area contributed by atoms with Gasteiger partial charge in [0, 0.05) is 49.4 Å². The number of rotatable bonds is 7. The molecule has 1 aromatic carbocycles. The Morgan fingerprint density at radius 2 is 1.94 bits per heavy atom. The van der Waals surface area contributed by atoms with E-state index in [1.54, 1.807) is 36.5 Å². The third-order valence-corrected chi connectivity index (χ3v) is 7.55. The number of aromatic nitrogens is 1. The molecule has 1 aromatic heterocycles. The third-order valence-electron chi connectivity index (χ3n) is 6.03. The van der Waals surface area contributed by atoms with Gasteiger partial charge in [-0.05, 0) is 31.5 Å². The van der Waals surface area contributed by atoms with E-state index in [1.165, 1.54) is 12.8 Å². The number of nitrogens with zero attached hydrogens (tertiary/aromatic N) is 3. The number of fused-ring (bicyclic) bond motifs is 1. The summed E-state index contributed by atoms with van der Waals surface area (Å²) in [5.74, 6) is 0.0240. The van der Waals surface area contributed by atoms with E-state index in [4.69, 9.17) is 0 Å². The second kappa shape index (κ2) is 9.94. The number of pyridine rings is 1. The predicted molar refractivity (Wildman–Crippen MR) is 126 cm³/mol. The highest BCUT2D eigenvalue weighted by Gasteiger charge is 2.26. The summed E-state index contributed by atoms with van der Waals surface area (Å²) in [5.41, 5.74) is 1.08. The van der Waals surface area contributed by atoms with Crippen molar-refractivity contribution in [2.24, 2.45) is 0 Å². The van der Waals surface area contributed by atoms with E-state index in [0.717, 1.165) is 38.1 Å². The van der Waals surface area contributed by atoms with Crippen molar-refractivity contribution >= 4 is 26.8 Å². The van der Waals surface area contributed by atoms with Crippen LogP contribution >= 0.6 is 0 Å². The first-order valence-electron chi connectivity index (χ1n) is 11.2. The predicted octanol–water partition coefficient (Wildman–Crippen LogP) is 2.71. The molecule has 1 N–H and O–H groups in total. The molecule has 0 spiro atoms. The molecular weight excluding hydrogens is 424 g/mol. The highest BCUT2D eigenvalue weighted by atomic mass is 32.2. The molecular formula is C24H30N4O3S. The van der Waals surface area contributed by atoms with E-state index in [9.17, 15) is 13.2 Å². The average molecular weight is 455 g/mol. The molecule has 1 unspecified atom stereocenters. The van der Waals surface area contributed by atoms with Crippen molar-refractivity contribution in [3.63, 3.8) is 0 Å². The number of hydrogen-bond donors (Lipinski definition) is 1. The van der Waals surface area contributed by atoms with Crippen molar-refractivity contribution in [1.29, 1.82) is 0 Å². The van der Waals surface area contributed by atoms with Crippen molar-refractivity contribution in [2.45, 2.75) is 37.1 Å². The molecule has 8 heteroatoms. The number of hydrogen-bond acceptors (Lipinski definition) is 5. The summed E-state index contributed by atoms with van der Waals surface area (Å²) in [6.07, 6.45) is 9.73. The SMILES string of the molecule is CCCCN1CCN(C(=O)C2=CCC(NS(=O)(=O)c3cccc4cccnc34)C=C2)CC1. The first kappa shape index (κ1) is 22.6. The highest BCUT2D eigenvalue weighted by Crippen LogP contribution is 2.22.